The minimum absolute atomic E-state index is 0.316. The Labute approximate surface area is 112 Å². The summed E-state index contributed by atoms with van der Waals surface area (Å²) in [7, 11) is 0. The Bertz CT molecular complexity index is 324. The van der Waals surface area contributed by atoms with E-state index in [0.717, 1.165) is 12.5 Å². The molecule has 0 heterocycles. The molecule has 1 aromatic carbocycles. The summed E-state index contributed by atoms with van der Waals surface area (Å²) >= 11 is 7.86. The van der Waals surface area contributed by atoms with Gasteiger partial charge in [0.25, 0.3) is 5.92 Å². The smallest absolute Gasteiger partial charge is 0.268 e. The van der Waals surface area contributed by atoms with Crippen LogP contribution in [0, 0.1) is 0 Å². The molecule has 0 amide bonds. The molecule has 0 radical (unpaired) electrons. The summed E-state index contributed by atoms with van der Waals surface area (Å²) in [5.41, 5.74) is 0.864. The minimum atomic E-state index is -2.80. The van der Waals surface area contributed by atoms with E-state index < -0.39 is 12.5 Å². The number of benzene rings is 1. The maximum atomic E-state index is 12.7. The largest absolute Gasteiger partial charge is 0.366 e. The summed E-state index contributed by atoms with van der Waals surface area (Å²) in [6, 6.07) is 7.03. The van der Waals surface area contributed by atoms with Gasteiger partial charge < -0.3 is 4.74 Å². The highest BCUT2D eigenvalue weighted by Gasteiger charge is 2.24. The molecule has 1 aromatic rings. The number of halogens is 4. The molecule has 0 aliphatic carbocycles. The number of rotatable bonds is 5. The summed E-state index contributed by atoms with van der Waals surface area (Å²) in [6.45, 7) is 0.280. The summed E-state index contributed by atoms with van der Waals surface area (Å²) in [4.78, 5) is 0. The quantitative estimate of drug-likeness (QED) is 0.555. The van der Waals surface area contributed by atoms with Crippen LogP contribution in [-0.4, -0.2) is 17.0 Å². The lowest BCUT2D eigenvalue weighted by Crippen LogP contribution is -2.21. The first-order valence-electron chi connectivity index (χ1n) is 4.73. The van der Waals surface area contributed by atoms with E-state index in [2.05, 4.69) is 22.6 Å². The van der Waals surface area contributed by atoms with E-state index in [0.29, 0.717) is 9.45 Å². The zero-order chi connectivity index (χ0) is 12.2. The predicted octanol–water partition coefficient (Wildman–Crippen LogP) is 4.49. The maximum absolute atomic E-state index is 12.7. The Kier molecular flexibility index (Phi) is 5.40. The lowest BCUT2D eigenvalue weighted by atomic mass is 10.1. The highest BCUT2D eigenvalue weighted by Crippen LogP contribution is 2.24. The monoisotopic (exact) mass is 360 g/mol. The van der Waals surface area contributed by atoms with Crippen molar-refractivity contribution in [2.45, 2.75) is 19.0 Å². The molecule has 0 bridgehead atoms. The number of hydrogen-bond donors (Lipinski definition) is 0. The van der Waals surface area contributed by atoms with Crippen LogP contribution in [0.25, 0.3) is 0 Å². The number of ether oxygens (including phenoxy) is 1. The van der Waals surface area contributed by atoms with E-state index >= 15 is 0 Å². The third kappa shape index (κ3) is 4.93. The topological polar surface area (TPSA) is 9.23 Å². The van der Waals surface area contributed by atoms with Crippen LogP contribution in [0.3, 0.4) is 0 Å². The molecular formula is C11H12ClF2IO. The van der Waals surface area contributed by atoms with Crippen LogP contribution in [0.5, 0.6) is 0 Å². The van der Waals surface area contributed by atoms with Crippen LogP contribution in [0.1, 0.15) is 18.6 Å². The molecule has 0 fully saturated rings. The maximum Gasteiger partial charge on any atom is 0.268 e. The fraction of sp³-hybridized carbons (Fsp3) is 0.455. The van der Waals surface area contributed by atoms with E-state index in [1.807, 2.05) is 0 Å². The van der Waals surface area contributed by atoms with Gasteiger partial charge in [-0.1, -0.05) is 46.3 Å². The molecule has 90 valence electrons. The fourth-order valence-corrected chi connectivity index (χ4v) is 2.04. The molecule has 0 saturated carbocycles. The highest BCUT2D eigenvalue weighted by molar-refractivity contribution is 14.1. The second-order valence-electron chi connectivity index (χ2n) is 3.58. The Morgan fingerprint density at radius 1 is 1.38 bits per heavy atom. The van der Waals surface area contributed by atoms with E-state index in [4.69, 9.17) is 16.3 Å². The average Bonchev–Trinajstić information content (AvgIpc) is 2.20. The number of alkyl halides is 3. The average molecular weight is 361 g/mol. The Morgan fingerprint density at radius 3 is 2.38 bits per heavy atom. The molecule has 16 heavy (non-hydrogen) atoms. The lowest BCUT2D eigenvalue weighted by molar-refractivity contribution is -0.0824. The zero-order valence-corrected chi connectivity index (χ0v) is 11.6. The summed E-state index contributed by atoms with van der Waals surface area (Å²) in [6.07, 6.45) is -0.316. The molecule has 1 atom stereocenters. The summed E-state index contributed by atoms with van der Waals surface area (Å²) in [5.74, 6) is -2.80. The third-order valence-corrected chi connectivity index (χ3v) is 2.97. The highest BCUT2D eigenvalue weighted by atomic mass is 127. The van der Waals surface area contributed by atoms with Crippen LogP contribution >= 0.6 is 34.2 Å². The SMILES string of the molecule is CC(F)(F)COC(CI)c1ccc(Cl)cc1. The van der Waals surface area contributed by atoms with E-state index in [-0.39, 0.29) is 6.10 Å². The van der Waals surface area contributed by atoms with Crippen LogP contribution in [-0.2, 0) is 4.74 Å². The molecule has 1 unspecified atom stereocenters. The first-order valence-corrected chi connectivity index (χ1v) is 6.63. The predicted molar refractivity (Wildman–Crippen MR) is 69.7 cm³/mol. The molecule has 0 aliphatic heterocycles. The molecule has 0 spiro atoms. The van der Waals surface area contributed by atoms with Crippen molar-refractivity contribution in [3.05, 3.63) is 34.9 Å². The molecule has 1 rings (SSSR count). The molecule has 5 heteroatoms. The van der Waals surface area contributed by atoms with Gasteiger partial charge in [-0.05, 0) is 17.7 Å². The van der Waals surface area contributed by atoms with Crippen molar-refractivity contribution in [3.8, 4) is 0 Å². The van der Waals surface area contributed by atoms with Crippen LogP contribution in [0.4, 0.5) is 8.78 Å². The minimum Gasteiger partial charge on any atom is -0.366 e. The van der Waals surface area contributed by atoms with Gasteiger partial charge in [-0.2, -0.15) is 0 Å². The normalized spacial score (nSPS) is 13.8. The van der Waals surface area contributed by atoms with Crippen molar-refractivity contribution < 1.29 is 13.5 Å². The van der Waals surface area contributed by atoms with Crippen molar-refractivity contribution in [1.29, 1.82) is 0 Å². The molecule has 0 aliphatic rings. The van der Waals surface area contributed by atoms with E-state index in [1.54, 1.807) is 24.3 Å². The Morgan fingerprint density at radius 2 is 1.94 bits per heavy atom. The van der Waals surface area contributed by atoms with Crippen molar-refractivity contribution in [3.63, 3.8) is 0 Å². The second kappa shape index (κ2) is 6.12. The second-order valence-corrected chi connectivity index (χ2v) is 4.89. The van der Waals surface area contributed by atoms with E-state index in [1.165, 1.54) is 0 Å². The molecular weight excluding hydrogens is 348 g/mol. The van der Waals surface area contributed by atoms with Gasteiger partial charge in [-0.3, -0.25) is 0 Å². The van der Waals surface area contributed by atoms with Gasteiger partial charge in [0.2, 0.25) is 0 Å². The van der Waals surface area contributed by atoms with E-state index in [9.17, 15) is 8.78 Å². The zero-order valence-electron chi connectivity index (χ0n) is 8.72. The van der Waals surface area contributed by atoms with Crippen molar-refractivity contribution in [1.82, 2.24) is 0 Å². The standard InChI is InChI=1S/C11H12ClF2IO/c1-11(13,14)7-16-10(6-15)8-2-4-9(12)5-3-8/h2-5,10H,6-7H2,1H3. The van der Waals surface area contributed by atoms with Crippen molar-refractivity contribution in [2.24, 2.45) is 0 Å². The number of hydrogen-bond acceptors (Lipinski definition) is 1. The Hall–Kier alpha value is 0.0600. The van der Waals surface area contributed by atoms with Crippen LogP contribution in [0.2, 0.25) is 5.02 Å². The first-order chi connectivity index (χ1) is 7.42. The fourth-order valence-electron chi connectivity index (χ4n) is 1.15. The van der Waals surface area contributed by atoms with Crippen LogP contribution in [0.15, 0.2) is 24.3 Å². The van der Waals surface area contributed by atoms with Gasteiger partial charge in [-0.25, -0.2) is 8.78 Å². The molecule has 1 nitrogen and oxygen atoms in total. The van der Waals surface area contributed by atoms with Gasteiger partial charge in [0.15, 0.2) is 0 Å². The lowest BCUT2D eigenvalue weighted by Gasteiger charge is -2.18. The first kappa shape index (κ1) is 14.1. The van der Waals surface area contributed by atoms with Crippen molar-refractivity contribution >= 4 is 34.2 Å². The summed E-state index contributed by atoms with van der Waals surface area (Å²) < 4.78 is 31.1. The third-order valence-electron chi connectivity index (χ3n) is 1.92. The van der Waals surface area contributed by atoms with Crippen LogP contribution < -0.4 is 0 Å². The summed E-state index contributed by atoms with van der Waals surface area (Å²) in [5, 5.41) is 0.622. The van der Waals surface area contributed by atoms with Gasteiger partial charge in [0, 0.05) is 16.4 Å². The Balaban J connectivity index is 2.64. The van der Waals surface area contributed by atoms with Gasteiger partial charge in [-0.15, -0.1) is 0 Å². The van der Waals surface area contributed by atoms with Crippen molar-refractivity contribution in [2.75, 3.05) is 11.0 Å². The molecule has 0 aromatic heterocycles. The molecule has 0 N–H and O–H groups in total. The van der Waals surface area contributed by atoms with Gasteiger partial charge in [0.1, 0.15) is 6.61 Å². The molecule has 0 saturated heterocycles. The van der Waals surface area contributed by atoms with Gasteiger partial charge >= 0.3 is 0 Å². The van der Waals surface area contributed by atoms with Gasteiger partial charge in [0.05, 0.1) is 6.10 Å².